The van der Waals surface area contributed by atoms with Gasteiger partial charge in [-0.3, -0.25) is 4.79 Å². The van der Waals surface area contributed by atoms with Gasteiger partial charge in [-0.15, -0.1) is 0 Å². The maximum absolute atomic E-state index is 13.4. The van der Waals surface area contributed by atoms with Crippen LogP contribution in [0.2, 0.25) is 0 Å². The summed E-state index contributed by atoms with van der Waals surface area (Å²) in [5.74, 6) is -0.127. The monoisotopic (exact) mass is 426 g/mol. The van der Waals surface area contributed by atoms with Crippen molar-refractivity contribution in [3.63, 3.8) is 0 Å². The minimum Gasteiger partial charge on any atom is -0.362 e. The number of benzene rings is 1. The Hall–Kier alpha value is -2.48. The standard InChI is InChI=1S/C22H26N4O3S/c1-4-22(13-6-5-7-15(10-13)30(28,29)14-8-9-14)16-12-23-26-19(16)24-17-11-21(2,3)25-20(27)18(17)22/h5-7,10,12,14,19,24H,4,8-9,11H2,1-3H3,(H,25,27). The second-order valence-corrected chi connectivity index (χ2v) is 11.5. The number of fused-ring (bicyclic) bond motifs is 1. The van der Waals surface area contributed by atoms with Crippen molar-refractivity contribution in [3.8, 4) is 0 Å². The van der Waals surface area contributed by atoms with Crippen LogP contribution in [0.1, 0.15) is 52.0 Å². The molecular weight excluding hydrogens is 400 g/mol. The minimum atomic E-state index is -3.34. The van der Waals surface area contributed by atoms with Gasteiger partial charge in [0.1, 0.15) is 0 Å². The van der Waals surface area contributed by atoms with Crippen LogP contribution in [0, 0.1) is 0 Å². The molecule has 2 atom stereocenters. The fourth-order valence-corrected chi connectivity index (χ4v) is 6.82. The third-order valence-corrected chi connectivity index (χ3v) is 8.91. The molecule has 1 fully saturated rings. The largest absolute Gasteiger partial charge is 0.362 e. The quantitative estimate of drug-likeness (QED) is 0.773. The Morgan fingerprint density at radius 2 is 2.00 bits per heavy atom. The molecule has 0 spiro atoms. The first-order valence-electron chi connectivity index (χ1n) is 10.5. The van der Waals surface area contributed by atoms with Gasteiger partial charge in [-0.25, -0.2) is 8.42 Å². The molecule has 0 saturated heterocycles. The number of carbonyl (C=O) groups is 1. The number of sulfone groups is 1. The smallest absolute Gasteiger partial charge is 0.250 e. The van der Waals surface area contributed by atoms with Crippen molar-refractivity contribution in [3.05, 3.63) is 52.9 Å². The van der Waals surface area contributed by atoms with E-state index in [1.54, 1.807) is 24.4 Å². The lowest BCUT2D eigenvalue weighted by atomic mass is 9.62. The molecule has 30 heavy (non-hydrogen) atoms. The zero-order valence-corrected chi connectivity index (χ0v) is 18.2. The summed E-state index contributed by atoms with van der Waals surface area (Å²) in [5, 5.41) is 14.7. The maximum Gasteiger partial charge on any atom is 0.250 e. The van der Waals surface area contributed by atoms with Crippen LogP contribution < -0.4 is 10.6 Å². The summed E-state index contributed by atoms with van der Waals surface area (Å²) >= 11 is 0. The topological polar surface area (TPSA) is 100.0 Å². The molecule has 8 heteroatoms. The highest BCUT2D eigenvalue weighted by Gasteiger charge is 2.53. The SMILES string of the molecule is CCC1(c2cccc(S(=O)(=O)C3CC3)c2)C2=CN=NC2NC2=C1C(=O)NC(C)(C)C2. The molecule has 1 amide bonds. The van der Waals surface area contributed by atoms with E-state index in [9.17, 15) is 13.2 Å². The molecule has 2 N–H and O–H groups in total. The first kappa shape index (κ1) is 19.5. The predicted octanol–water partition coefficient (Wildman–Crippen LogP) is 3.10. The van der Waals surface area contributed by atoms with Crippen LogP contribution >= 0.6 is 0 Å². The van der Waals surface area contributed by atoms with Crippen molar-refractivity contribution in [1.82, 2.24) is 10.6 Å². The number of rotatable bonds is 4. The highest BCUT2D eigenvalue weighted by atomic mass is 32.2. The summed E-state index contributed by atoms with van der Waals surface area (Å²) in [7, 11) is -3.34. The second kappa shape index (κ2) is 6.26. The van der Waals surface area contributed by atoms with Crippen molar-refractivity contribution in [2.45, 2.75) is 73.7 Å². The fraction of sp³-hybridized carbons (Fsp3) is 0.500. The Morgan fingerprint density at radius 1 is 1.23 bits per heavy atom. The van der Waals surface area contributed by atoms with E-state index >= 15 is 0 Å². The van der Waals surface area contributed by atoms with Gasteiger partial charge in [0.25, 0.3) is 5.91 Å². The lowest BCUT2D eigenvalue weighted by Crippen LogP contribution is -2.58. The Balaban J connectivity index is 1.74. The van der Waals surface area contributed by atoms with E-state index < -0.39 is 15.3 Å². The lowest BCUT2D eigenvalue weighted by Gasteiger charge is -2.48. The number of hydrogen-bond donors (Lipinski definition) is 2. The van der Waals surface area contributed by atoms with Crippen LogP contribution in [0.3, 0.4) is 0 Å². The van der Waals surface area contributed by atoms with E-state index in [1.165, 1.54) is 0 Å². The van der Waals surface area contributed by atoms with Gasteiger partial charge < -0.3 is 10.6 Å². The average molecular weight is 427 g/mol. The first-order valence-corrected chi connectivity index (χ1v) is 12.0. The number of nitrogens with zero attached hydrogens (tertiary/aromatic N) is 2. The van der Waals surface area contributed by atoms with Crippen molar-refractivity contribution >= 4 is 15.7 Å². The molecule has 3 heterocycles. The van der Waals surface area contributed by atoms with Crippen LogP contribution in [-0.2, 0) is 20.0 Å². The van der Waals surface area contributed by atoms with Crippen molar-refractivity contribution in [1.29, 1.82) is 0 Å². The summed E-state index contributed by atoms with van der Waals surface area (Å²) in [4.78, 5) is 13.7. The van der Waals surface area contributed by atoms with Gasteiger partial charge in [0, 0.05) is 23.2 Å². The van der Waals surface area contributed by atoms with Gasteiger partial charge in [-0.05, 0) is 50.8 Å². The van der Waals surface area contributed by atoms with Crippen LogP contribution in [0.5, 0.6) is 0 Å². The predicted molar refractivity (Wildman–Crippen MR) is 112 cm³/mol. The molecule has 1 aromatic carbocycles. The summed E-state index contributed by atoms with van der Waals surface area (Å²) in [6.45, 7) is 6.02. The summed E-state index contributed by atoms with van der Waals surface area (Å²) in [5.41, 5.74) is 2.06. The molecule has 2 unspecified atom stereocenters. The normalized spacial score (nSPS) is 29.6. The van der Waals surface area contributed by atoms with Crippen molar-refractivity contribution in [2.75, 3.05) is 0 Å². The fourth-order valence-electron chi connectivity index (χ4n) is 5.12. The zero-order valence-electron chi connectivity index (χ0n) is 17.4. The number of azo groups is 1. The Bertz CT molecular complexity index is 1140. The minimum absolute atomic E-state index is 0.127. The molecule has 4 aliphatic rings. The van der Waals surface area contributed by atoms with E-state index in [4.69, 9.17) is 0 Å². The molecule has 7 nitrogen and oxygen atoms in total. The molecule has 1 aliphatic carbocycles. The van der Waals surface area contributed by atoms with Crippen LogP contribution in [0.15, 0.2) is 62.4 Å². The summed E-state index contributed by atoms with van der Waals surface area (Å²) in [6, 6.07) is 7.13. The number of nitrogens with one attached hydrogen (secondary N) is 2. The Labute approximate surface area is 176 Å². The third-order valence-electron chi connectivity index (χ3n) is 6.65. The number of carbonyl (C=O) groups excluding carboxylic acids is 1. The van der Waals surface area contributed by atoms with Crippen molar-refractivity contribution < 1.29 is 13.2 Å². The molecular formula is C22H26N4O3S. The molecule has 5 rings (SSSR count). The number of amides is 1. The van der Waals surface area contributed by atoms with E-state index in [-0.39, 0.29) is 22.9 Å². The summed E-state index contributed by atoms with van der Waals surface area (Å²) in [6.07, 6.45) is 4.06. The van der Waals surface area contributed by atoms with Crippen molar-refractivity contribution in [2.24, 2.45) is 10.2 Å². The maximum atomic E-state index is 13.4. The van der Waals surface area contributed by atoms with Gasteiger partial charge in [0.05, 0.1) is 27.3 Å². The molecule has 158 valence electrons. The number of hydrogen-bond acceptors (Lipinski definition) is 6. The molecule has 3 aliphatic heterocycles. The van der Waals surface area contributed by atoms with E-state index in [1.807, 2.05) is 26.8 Å². The molecule has 1 saturated carbocycles. The molecule has 0 bridgehead atoms. The van der Waals surface area contributed by atoms with Gasteiger partial charge in [0.2, 0.25) is 0 Å². The van der Waals surface area contributed by atoms with Gasteiger partial charge in [0.15, 0.2) is 16.0 Å². The Kier molecular flexibility index (Phi) is 4.07. The van der Waals surface area contributed by atoms with Gasteiger partial charge in [-0.1, -0.05) is 19.1 Å². The molecule has 0 radical (unpaired) electrons. The zero-order chi connectivity index (χ0) is 21.3. The first-order chi connectivity index (χ1) is 14.2. The van der Waals surface area contributed by atoms with Gasteiger partial charge in [-0.2, -0.15) is 10.2 Å². The summed E-state index contributed by atoms with van der Waals surface area (Å²) < 4.78 is 25.9. The second-order valence-electron chi connectivity index (χ2n) is 9.26. The van der Waals surface area contributed by atoms with Gasteiger partial charge >= 0.3 is 0 Å². The van der Waals surface area contributed by atoms with E-state index in [0.717, 1.165) is 16.8 Å². The van der Waals surface area contributed by atoms with Crippen LogP contribution in [-0.4, -0.2) is 31.3 Å². The molecule has 0 aromatic heterocycles. The Morgan fingerprint density at radius 3 is 2.70 bits per heavy atom. The van der Waals surface area contributed by atoms with Crippen LogP contribution in [0.4, 0.5) is 0 Å². The average Bonchev–Trinajstić information content (AvgIpc) is 3.45. The van der Waals surface area contributed by atoms with E-state index in [2.05, 4.69) is 20.9 Å². The van der Waals surface area contributed by atoms with Crippen LogP contribution in [0.25, 0.3) is 0 Å². The molecule has 1 aromatic rings. The van der Waals surface area contributed by atoms with E-state index in [0.29, 0.717) is 36.2 Å². The third kappa shape index (κ3) is 2.69. The lowest BCUT2D eigenvalue weighted by molar-refractivity contribution is -0.120. The highest BCUT2D eigenvalue weighted by Crippen LogP contribution is 2.51. The highest BCUT2D eigenvalue weighted by molar-refractivity contribution is 7.92.